The number of hydrogen-bond donors (Lipinski definition) is 1. The zero-order valence-corrected chi connectivity index (χ0v) is 16.5. The summed E-state index contributed by atoms with van der Waals surface area (Å²) in [6.45, 7) is 5.99. The second kappa shape index (κ2) is 8.14. The number of non-ortho nitro benzene ring substituents is 1. The Kier molecular flexibility index (Phi) is 5.39. The number of hydrogen-bond acceptors (Lipinski definition) is 5. The summed E-state index contributed by atoms with van der Waals surface area (Å²) in [5.74, 6) is -0.738. The zero-order chi connectivity index (χ0) is 21.3. The molecule has 2 aliphatic heterocycles. The number of nitrogens with one attached hydrogen (secondary N) is 1. The summed E-state index contributed by atoms with van der Waals surface area (Å²) in [7, 11) is 0. The Hall–Kier alpha value is -3.42. The molecule has 0 spiro atoms. The summed E-state index contributed by atoms with van der Waals surface area (Å²) >= 11 is 0. The van der Waals surface area contributed by atoms with E-state index < -0.39 is 4.92 Å². The lowest BCUT2D eigenvalue weighted by Gasteiger charge is -2.49. The van der Waals surface area contributed by atoms with Crippen LogP contribution in [0, 0.1) is 21.8 Å². The van der Waals surface area contributed by atoms with Crippen LogP contribution in [0.15, 0.2) is 55.1 Å². The molecule has 2 atom stereocenters. The smallest absolute Gasteiger partial charge is 0.269 e. The molecule has 2 heterocycles. The van der Waals surface area contributed by atoms with Gasteiger partial charge in [0.15, 0.2) is 0 Å². The Bertz CT molecular complexity index is 979. The van der Waals surface area contributed by atoms with E-state index in [4.69, 9.17) is 0 Å². The number of piperazine rings is 1. The van der Waals surface area contributed by atoms with Gasteiger partial charge in [-0.3, -0.25) is 14.9 Å². The molecule has 1 saturated heterocycles. The highest BCUT2D eigenvalue weighted by atomic mass is 19.1. The molecule has 1 amide bonds. The third kappa shape index (κ3) is 3.72. The van der Waals surface area contributed by atoms with Crippen molar-refractivity contribution >= 4 is 23.0 Å². The topological polar surface area (TPSA) is 78.7 Å². The normalized spacial score (nSPS) is 20.2. The SMILES string of the molecule is C=CCNC(=O)[C@@H]1Cc2cc([N+](=O)[O-])ccc2N2CCN(c3ccc(F)cc3)C[C@@H]12. The monoisotopic (exact) mass is 410 g/mol. The van der Waals surface area contributed by atoms with Gasteiger partial charge in [-0.05, 0) is 42.3 Å². The standard InChI is InChI=1S/C22H23FN4O3/c1-2-9-24-22(28)19-13-15-12-18(27(29)30)7-8-20(15)26-11-10-25(14-21(19)26)17-5-3-16(23)4-6-17/h2-8,12,19,21H,1,9-11,13-14H2,(H,24,28)/t19-,21+/m1/s1. The molecular weight excluding hydrogens is 387 g/mol. The lowest BCUT2D eigenvalue weighted by molar-refractivity contribution is -0.384. The predicted molar refractivity (Wildman–Crippen MR) is 113 cm³/mol. The first-order chi connectivity index (χ1) is 14.5. The van der Waals surface area contributed by atoms with Gasteiger partial charge in [0.05, 0.1) is 16.9 Å². The first-order valence-corrected chi connectivity index (χ1v) is 9.91. The van der Waals surface area contributed by atoms with Crippen LogP contribution in [0.25, 0.3) is 0 Å². The van der Waals surface area contributed by atoms with E-state index in [2.05, 4.69) is 21.7 Å². The molecule has 0 saturated carbocycles. The van der Waals surface area contributed by atoms with Gasteiger partial charge in [-0.25, -0.2) is 4.39 Å². The minimum Gasteiger partial charge on any atom is -0.368 e. The molecule has 0 aliphatic carbocycles. The number of carbonyl (C=O) groups is 1. The van der Waals surface area contributed by atoms with Crippen LogP contribution < -0.4 is 15.1 Å². The number of benzene rings is 2. The molecule has 0 unspecified atom stereocenters. The molecule has 0 bridgehead atoms. The van der Waals surface area contributed by atoms with E-state index in [0.29, 0.717) is 32.6 Å². The van der Waals surface area contributed by atoms with E-state index in [1.807, 2.05) is 0 Å². The Balaban J connectivity index is 1.67. The van der Waals surface area contributed by atoms with Crippen LogP contribution in [0.1, 0.15) is 5.56 Å². The van der Waals surface area contributed by atoms with Gasteiger partial charge in [0.1, 0.15) is 5.82 Å². The van der Waals surface area contributed by atoms with Crippen molar-refractivity contribution in [3.63, 3.8) is 0 Å². The second-order valence-electron chi connectivity index (χ2n) is 7.60. The van der Waals surface area contributed by atoms with Gasteiger partial charge in [0, 0.05) is 49.7 Å². The van der Waals surface area contributed by atoms with Crippen molar-refractivity contribution in [1.82, 2.24) is 5.32 Å². The molecule has 8 heteroatoms. The summed E-state index contributed by atoms with van der Waals surface area (Å²) in [4.78, 5) is 28.1. The summed E-state index contributed by atoms with van der Waals surface area (Å²) in [5.41, 5.74) is 2.70. The fraction of sp³-hybridized carbons (Fsp3) is 0.318. The number of nitro benzene ring substituents is 1. The van der Waals surface area contributed by atoms with Gasteiger partial charge < -0.3 is 15.1 Å². The third-order valence-electron chi connectivity index (χ3n) is 5.86. The quantitative estimate of drug-likeness (QED) is 0.466. The summed E-state index contributed by atoms with van der Waals surface area (Å²) < 4.78 is 13.3. The van der Waals surface area contributed by atoms with Crippen molar-refractivity contribution in [3.05, 3.63) is 76.6 Å². The molecule has 156 valence electrons. The third-order valence-corrected chi connectivity index (χ3v) is 5.86. The molecule has 0 aromatic heterocycles. The molecule has 30 heavy (non-hydrogen) atoms. The molecule has 2 aliphatic rings. The van der Waals surface area contributed by atoms with Gasteiger partial charge in [0.2, 0.25) is 5.91 Å². The van der Waals surface area contributed by atoms with Crippen molar-refractivity contribution in [2.75, 3.05) is 36.0 Å². The van der Waals surface area contributed by atoms with Crippen molar-refractivity contribution < 1.29 is 14.1 Å². The molecule has 2 aromatic rings. The van der Waals surface area contributed by atoms with E-state index in [1.54, 1.807) is 30.3 Å². The van der Waals surface area contributed by atoms with Crippen LogP contribution in [0.5, 0.6) is 0 Å². The fourth-order valence-electron chi connectivity index (χ4n) is 4.41. The van der Waals surface area contributed by atoms with Gasteiger partial charge in [-0.2, -0.15) is 0 Å². The second-order valence-corrected chi connectivity index (χ2v) is 7.60. The van der Waals surface area contributed by atoms with Crippen LogP contribution in [0.3, 0.4) is 0 Å². The van der Waals surface area contributed by atoms with Crippen LogP contribution in [-0.4, -0.2) is 43.1 Å². The summed E-state index contributed by atoms with van der Waals surface area (Å²) in [5, 5.41) is 14.1. The Morgan fingerprint density at radius 1 is 1.27 bits per heavy atom. The largest absolute Gasteiger partial charge is 0.368 e. The summed E-state index contributed by atoms with van der Waals surface area (Å²) in [6, 6.07) is 11.1. The summed E-state index contributed by atoms with van der Waals surface area (Å²) in [6.07, 6.45) is 2.06. The van der Waals surface area contributed by atoms with E-state index >= 15 is 0 Å². The number of fused-ring (bicyclic) bond motifs is 3. The van der Waals surface area contributed by atoms with Gasteiger partial charge in [-0.1, -0.05) is 6.08 Å². The Morgan fingerprint density at radius 2 is 2.03 bits per heavy atom. The number of rotatable bonds is 5. The lowest BCUT2D eigenvalue weighted by atomic mass is 9.83. The number of anilines is 2. The van der Waals surface area contributed by atoms with Crippen LogP contribution in [0.4, 0.5) is 21.5 Å². The molecule has 4 rings (SSSR count). The van der Waals surface area contributed by atoms with E-state index in [1.165, 1.54) is 18.2 Å². The van der Waals surface area contributed by atoms with Crippen molar-refractivity contribution in [3.8, 4) is 0 Å². The zero-order valence-electron chi connectivity index (χ0n) is 16.5. The minimum absolute atomic E-state index is 0.0300. The molecule has 7 nitrogen and oxygen atoms in total. The lowest BCUT2D eigenvalue weighted by Crippen LogP contribution is -2.61. The number of nitro groups is 1. The Morgan fingerprint density at radius 3 is 2.73 bits per heavy atom. The van der Waals surface area contributed by atoms with Crippen LogP contribution in [0.2, 0.25) is 0 Å². The highest BCUT2D eigenvalue weighted by Crippen LogP contribution is 2.38. The molecule has 1 fully saturated rings. The van der Waals surface area contributed by atoms with Crippen molar-refractivity contribution in [2.24, 2.45) is 5.92 Å². The molecule has 1 N–H and O–H groups in total. The van der Waals surface area contributed by atoms with Crippen LogP contribution >= 0.6 is 0 Å². The van der Waals surface area contributed by atoms with Gasteiger partial charge in [0.25, 0.3) is 5.69 Å². The number of amides is 1. The first-order valence-electron chi connectivity index (χ1n) is 9.91. The number of nitrogens with zero attached hydrogens (tertiary/aromatic N) is 3. The van der Waals surface area contributed by atoms with Gasteiger partial charge >= 0.3 is 0 Å². The minimum atomic E-state index is -0.411. The average Bonchev–Trinajstić information content (AvgIpc) is 2.76. The molecular formula is C22H23FN4O3. The van der Waals surface area contributed by atoms with Gasteiger partial charge in [-0.15, -0.1) is 6.58 Å². The average molecular weight is 410 g/mol. The maximum absolute atomic E-state index is 13.3. The van der Waals surface area contributed by atoms with E-state index in [9.17, 15) is 19.3 Å². The molecule has 2 aromatic carbocycles. The first kappa shape index (κ1) is 19.9. The number of halogens is 1. The number of carbonyl (C=O) groups excluding carboxylic acids is 1. The van der Waals surface area contributed by atoms with E-state index in [0.717, 1.165) is 16.9 Å². The highest BCUT2D eigenvalue weighted by molar-refractivity contribution is 5.82. The molecule has 0 radical (unpaired) electrons. The van der Waals surface area contributed by atoms with E-state index in [-0.39, 0.29) is 29.4 Å². The predicted octanol–water partition coefficient (Wildman–Crippen LogP) is 2.90. The maximum atomic E-state index is 13.3. The maximum Gasteiger partial charge on any atom is 0.269 e. The Labute approximate surface area is 173 Å². The van der Waals surface area contributed by atoms with Crippen LogP contribution in [-0.2, 0) is 11.2 Å². The highest BCUT2D eigenvalue weighted by Gasteiger charge is 2.42. The van der Waals surface area contributed by atoms with Crippen molar-refractivity contribution in [1.29, 1.82) is 0 Å². The fourth-order valence-corrected chi connectivity index (χ4v) is 4.41. The van der Waals surface area contributed by atoms with Crippen molar-refractivity contribution in [2.45, 2.75) is 12.5 Å².